The monoisotopic (exact) mass is 454 g/mol. The first-order chi connectivity index (χ1) is 14.9. The molecule has 0 radical (unpaired) electrons. The Hall–Kier alpha value is -2.48. The van der Waals surface area contributed by atoms with Crippen molar-refractivity contribution >= 4 is 33.0 Å². The Morgan fingerprint density at radius 1 is 1.06 bits per heavy atom. The summed E-state index contributed by atoms with van der Waals surface area (Å²) in [4.78, 5) is 14.7. The summed E-state index contributed by atoms with van der Waals surface area (Å²) in [6.07, 6.45) is 2.84. The summed E-state index contributed by atoms with van der Waals surface area (Å²) in [6.45, 7) is 4.51. The molecular formula is C24H26N2O3S2. The smallest absolute Gasteiger partial charge is 0.265 e. The predicted molar refractivity (Wildman–Crippen MR) is 126 cm³/mol. The quantitative estimate of drug-likeness (QED) is 0.550. The number of hydrogen-bond donors (Lipinski definition) is 1. The van der Waals surface area contributed by atoms with Gasteiger partial charge in [-0.25, -0.2) is 8.42 Å². The van der Waals surface area contributed by atoms with Gasteiger partial charge < -0.3 is 5.32 Å². The lowest BCUT2D eigenvalue weighted by molar-refractivity contribution is 0.103. The minimum absolute atomic E-state index is 0.0130. The number of piperidine rings is 1. The van der Waals surface area contributed by atoms with E-state index in [0.717, 1.165) is 35.3 Å². The summed E-state index contributed by atoms with van der Waals surface area (Å²) in [6, 6.07) is 18.3. The summed E-state index contributed by atoms with van der Waals surface area (Å²) in [5.74, 6) is -0.199. The van der Waals surface area contributed by atoms with E-state index >= 15 is 0 Å². The molecule has 1 N–H and O–H groups in total. The molecule has 2 heterocycles. The highest BCUT2D eigenvalue weighted by Crippen LogP contribution is 2.33. The SMILES string of the molecule is Cc1cc(C(=O)Nc2ccc(S(=O)(=O)N3CCCCC3C)cc2)sc1-c1ccccc1. The van der Waals surface area contributed by atoms with Crippen LogP contribution in [0, 0.1) is 6.92 Å². The Bertz CT molecular complexity index is 1170. The van der Waals surface area contributed by atoms with Gasteiger partial charge in [-0.2, -0.15) is 4.31 Å². The van der Waals surface area contributed by atoms with Crippen LogP contribution in [0.4, 0.5) is 5.69 Å². The molecule has 31 heavy (non-hydrogen) atoms. The van der Waals surface area contributed by atoms with Crippen molar-refractivity contribution in [2.45, 2.75) is 44.0 Å². The number of benzene rings is 2. The molecule has 1 saturated heterocycles. The van der Waals surface area contributed by atoms with Crippen molar-refractivity contribution in [2.24, 2.45) is 0 Å². The molecule has 4 rings (SSSR count). The maximum absolute atomic E-state index is 13.0. The number of amides is 1. The Morgan fingerprint density at radius 2 is 1.77 bits per heavy atom. The molecular weight excluding hydrogens is 428 g/mol. The average molecular weight is 455 g/mol. The van der Waals surface area contributed by atoms with Crippen LogP contribution in [-0.4, -0.2) is 31.2 Å². The van der Waals surface area contributed by atoms with Crippen LogP contribution in [0.3, 0.4) is 0 Å². The van der Waals surface area contributed by atoms with Crippen LogP contribution in [0.2, 0.25) is 0 Å². The first kappa shape index (κ1) is 21.7. The maximum atomic E-state index is 13.0. The number of aryl methyl sites for hydroxylation is 1. The number of sulfonamides is 1. The maximum Gasteiger partial charge on any atom is 0.265 e. The molecule has 0 bridgehead atoms. The van der Waals surface area contributed by atoms with Gasteiger partial charge in [-0.1, -0.05) is 36.8 Å². The van der Waals surface area contributed by atoms with Gasteiger partial charge in [0, 0.05) is 23.2 Å². The van der Waals surface area contributed by atoms with Crippen molar-refractivity contribution in [3.05, 3.63) is 71.1 Å². The number of anilines is 1. The van der Waals surface area contributed by atoms with Gasteiger partial charge in [-0.3, -0.25) is 4.79 Å². The summed E-state index contributed by atoms with van der Waals surface area (Å²) in [5.41, 5.74) is 2.71. The minimum atomic E-state index is -3.52. The molecule has 0 spiro atoms. The molecule has 1 atom stereocenters. The fourth-order valence-electron chi connectivity index (χ4n) is 3.94. The Balaban J connectivity index is 1.49. The fraction of sp³-hybridized carbons (Fsp3) is 0.292. The van der Waals surface area contributed by atoms with Crippen molar-refractivity contribution < 1.29 is 13.2 Å². The number of carbonyl (C=O) groups is 1. The van der Waals surface area contributed by atoms with E-state index in [1.807, 2.05) is 50.2 Å². The summed E-state index contributed by atoms with van der Waals surface area (Å²) in [5, 5.41) is 2.88. The number of carbonyl (C=O) groups excluding carboxylic acids is 1. The minimum Gasteiger partial charge on any atom is -0.321 e. The highest BCUT2D eigenvalue weighted by Gasteiger charge is 2.30. The first-order valence-electron chi connectivity index (χ1n) is 10.5. The molecule has 2 aromatic carbocycles. The number of nitrogens with one attached hydrogen (secondary N) is 1. The van der Waals surface area contributed by atoms with Crippen LogP contribution in [-0.2, 0) is 10.0 Å². The number of nitrogens with zero attached hydrogens (tertiary/aromatic N) is 1. The van der Waals surface area contributed by atoms with Crippen molar-refractivity contribution in [2.75, 3.05) is 11.9 Å². The molecule has 1 unspecified atom stereocenters. The fourth-order valence-corrected chi connectivity index (χ4v) is 6.71. The second-order valence-electron chi connectivity index (χ2n) is 7.93. The molecule has 1 aliphatic heterocycles. The first-order valence-corrected chi connectivity index (χ1v) is 12.7. The van der Waals surface area contributed by atoms with E-state index < -0.39 is 10.0 Å². The molecule has 3 aromatic rings. The molecule has 7 heteroatoms. The van der Waals surface area contributed by atoms with Crippen molar-refractivity contribution in [3.63, 3.8) is 0 Å². The Kier molecular flexibility index (Phi) is 6.27. The highest BCUT2D eigenvalue weighted by atomic mass is 32.2. The van der Waals surface area contributed by atoms with Crippen LogP contribution in [0.15, 0.2) is 65.6 Å². The van der Waals surface area contributed by atoms with E-state index in [1.165, 1.54) is 11.3 Å². The van der Waals surface area contributed by atoms with E-state index in [-0.39, 0.29) is 16.8 Å². The molecule has 1 fully saturated rings. The van der Waals surface area contributed by atoms with Gasteiger partial charge in [0.1, 0.15) is 0 Å². The van der Waals surface area contributed by atoms with Gasteiger partial charge in [0.15, 0.2) is 0 Å². The number of rotatable bonds is 5. The van der Waals surface area contributed by atoms with Crippen molar-refractivity contribution in [1.29, 1.82) is 0 Å². The van der Waals surface area contributed by atoms with E-state index in [4.69, 9.17) is 0 Å². The molecule has 1 amide bonds. The zero-order valence-electron chi connectivity index (χ0n) is 17.7. The molecule has 0 saturated carbocycles. The van der Waals surface area contributed by atoms with Crippen LogP contribution in [0.1, 0.15) is 41.4 Å². The number of hydrogen-bond acceptors (Lipinski definition) is 4. The second-order valence-corrected chi connectivity index (χ2v) is 10.9. The lowest BCUT2D eigenvalue weighted by atomic mass is 10.1. The van der Waals surface area contributed by atoms with E-state index in [9.17, 15) is 13.2 Å². The summed E-state index contributed by atoms with van der Waals surface area (Å²) in [7, 11) is -3.52. The van der Waals surface area contributed by atoms with Gasteiger partial charge in [-0.05, 0) is 68.1 Å². The zero-order chi connectivity index (χ0) is 22.0. The third kappa shape index (κ3) is 4.59. The Labute approximate surface area is 187 Å². The van der Waals surface area contributed by atoms with E-state index in [2.05, 4.69) is 5.32 Å². The third-order valence-corrected chi connectivity index (χ3v) is 8.95. The largest absolute Gasteiger partial charge is 0.321 e. The third-order valence-electron chi connectivity index (χ3n) is 5.64. The van der Waals surface area contributed by atoms with Gasteiger partial charge in [0.2, 0.25) is 10.0 Å². The van der Waals surface area contributed by atoms with Gasteiger partial charge in [0.25, 0.3) is 5.91 Å². The van der Waals surface area contributed by atoms with E-state index in [1.54, 1.807) is 28.6 Å². The van der Waals surface area contributed by atoms with Crippen LogP contribution >= 0.6 is 11.3 Å². The molecule has 1 aromatic heterocycles. The van der Waals surface area contributed by atoms with Gasteiger partial charge in [0.05, 0.1) is 9.77 Å². The van der Waals surface area contributed by atoms with Crippen LogP contribution in [0.25, 0.3) is 10.4 Å². The zero-order valence-corrected chi connectivity index (χ0v) is 19.3. The predicted octanol–water partition coefficient (Wildman–Crippen LogP) is 5.54. The molecule has 5 nitrogen and oxygen atoms in total. The average Bonchev–Trinajstić information content (AvgIpc) is 3.17. The van der Waals surface area contributed by atoms with E-state index in [0.29, 0.717) is 17.1 Å². The van der Waals surface area contributed by atoms with Crippen LogP contribution < -0.4 is 5.32 Å². The summed E-state index contributed by atoms with van der Waals surface area (Å²) >= 11 is 1.45. The lowest BCUT2D eigenvalue weighted by Gasteiger charge is -2.32. The summed E-state index contributed by atoms with van der Waals surface area (Å²) < 4.78 is 27.5. The standard InChI is InChI=1S/C24H26N2O3S2/c1-17-16-22(30-23(17)19-9-4-3-5-10-19)24(27)25-20-11-13-21(14-12-20)31(28,29)26-15-7-6-8-18(26)2/h3-5,9-14,16,18H,6-8,15H2,1-2H3,(H,25,27). The highest BCUT2D eigenvalue weighted by molar-refractivity contribution is 7.89. The number of thiophene rings is 1. The van der Waals surface area contributed by atoms with Crippen LogP contribution in [0.5, 0.6) is 0 Å². The van der Waals surface area contributed by atoms with Crippen molar-refractivity contribution in [3.8, 4) is 10.4 Å². The Morgan fingerprint density at radius 3 is 2.45 bits per heavy atom. The molecule has 1 aliphatic rings. The lowest BCUT2D eigenvalue weighted by Crippen LogP contribution is -2.41. The molecule has 162 valence electrons. The topological polar surface area (TPSA) is 66.5 Å². The second kappa shape index (κ2) is 8.94. The van der Waals surface area contributed by atoms with Gasteiger partial charge >= 0.3 is 0 Å². The molecule has 0 aliphatic carbocycles. The normalized spacial score (nSPS) is 17.4. The van der Waals surface area contributed by atoms with Gasteiger partial charge in [-0.15, -0.1) is 11.3 Å². The van der Waals surface area contributed by atoms with Crippen molar-refractivity contribution in [1.82, 2.24) is 4.31 Å².